The van der Waals surface area contributed by atoms with Gasteiger partial charge in [0.2, 0.25) is 0 Å². The molecule has 1 heteroatoms. The Labute approximate surface area is 104 Å². The lowest BCUT2D eigenvalue weighted by atomic mass is 9.75. The van der Waals surface area contributed by atoms with Gasteiger partial charge in [0.1, 0.15) is 0 Å². The Bertz CT molecular complexity index is 376. The van der Waals surface area contributed by atoms with E-state index >= 15 is 0 Å². The van der Waals surface area contributed by atoms with E-state index in [4.69, 9.17) is 0 Å². The molecule has 0 amide bonds. The first kappa shape index (κ1) is 11.0. The molecule has 0 bridgehead atoms. The van der Waals surface area contributed by atoms with Gasteiger partial charge in [-0.05, 0) is 43.6 Å². The van der Waals surface area contributed by atoms with Crippen LogP contribution in [0, 0.1) is 0 Å². The van der Waals surface area contributed by atoms with Crippen molar-refractivity contribution in [2.75, 3.05) is 0 Å². The molecule has 1 atom stereocenters. The molecular weight excluding hydrogens is 206 g/mol. The molecule has 1 aromatic carbocycles. The summed E-state index contributed by atoms with van der Waals surface area (Å²) in [7, 11) is 0. The SMILES string of the molecule is C1=CCC(NC2CC(c3ccccc3)C2)CC1. The van der Waals surface area contributed by atoms with Crippen LogP contribution in [-0.4, -0.2) is 12.1 Å². The van der Waals surface area contributed by atoms with Crippen molar-refractivity contribution in [2.45, 2.75) is 50.1 Å². The highest BCUT2D eigenvalue weighted by atomic mass is 15.0. The summed E-state index contributed by atoms with van der Waals surface area (Å²) in [5.74, 6) is 0.799. The van der Waals surface area contributed by atoms with Crippen molar-refractivity contribution in [3.8, 4) is 0 Å². The molecule has 1 saturated carbocycles. The number of hydrogen-bond acceptors (Lipinski definition) is 1. The lowest BCUT2D eigenvalue weighted by molar-refractivity contribution is 0.257. The van der Waals surface area contributed by atoms with Crippen molar-refractivity contribution in [3.63, 3.8) is 0 Å². The van der Waals surface area contributed by atoms with Crippen molar-refractivity contribution >= 4 is 0 Å². The maximum Gasteiger partial charge on any atom is 0.0107 e. The molecular formula is C16H21N. The zero-order valence-corrected chi connectivity index (χ0v) is 10.3. The predicted molar refractivity (Wildman–Crippen MR) is 72.1 cm³/mol. The monoisotopic (exact) mass is 227 g/mol. The molecule has 1 nitrogen and oxygen atoms in total. The second-order valence-corrected chi connectivity index (χ2v) is 5.42. The Morgan fingerprint density at radius 2 is 1.76 bits per heavy atom. The first-order valence-corrected chi connectivity index (χ1v) is 6.88. The van der Waals surface area contributed by atoms with Crippen LogP contribution in [0.15, 0.2) is 42.5 Å². The molecule has 0 aliphatic heterocycles. The van der Waals surface area contributed by atoms with E-state index in [0.29, 0.717) is 0 Å². The Morgan fingerprint density at radius 3 is 2.47 bits per heavy atom. The maximum atomic E-state index is 3.80. The summed E-state index contributed by atoms with van der Waals surface area (Å²) in [6.45, 7) is 0. The largest absolute Gasteiger partial charge is 0.311 e. The number of benzene rings is 1. The van der Waals surface area contributed by atoms with E-state index in [0.717, 1.165) is 18.0 Å². The van der Waals surface area contributed by atoms with Crippen molar-refractivity contribution in [1.82, 2.24) is 5.32 Å². The van der Waals surface area contributed by atoms with E-state index in [9.17, 15) is 0 Å². The quantitative estimate of drug-likeness (QED) is 0.777. The Kier molecular flexibility index (Phi) is 3.28. The van der Waals surface area contributed by atoms with E-state index in [1.807, 2.05) is 0 Å². The molecule has 0 aromatic heterocycles. The van der Waals surface area contributed by atoms with Crippen LogP contribution in [-0.2, 0) is 0 Å². The number of nitrogens with one attached hydrogen (secondary N) is 1. The van der Waals surface area contributed by atoms with Gasteiger partial charge in [-0.1, -0.05) is 42.5 Å². The number of hydrogen-bond donors (Lipinski definition) is 1. The number of allylic oxidation sites excluding steroid dienone is 1. The molecule has 0 saturated heterocycles. The Balaban J connectivity index is 1.47. The van der Waals surface area contributed by atoms with Crippen LogP contribution in [0.1, 0.15) is 43.6 Å². The van der Waals surface area contributed by atoms with E-state index < -0.39 is 0 Å². The summed E-state index contributed by atoms with van der Waals surface area (Å²) >= 11 is 0. The second-order valence-electron chi connectivity index (χ2n) is 5.42. The molecule has 0 radical (unpaired) electrons. The van der Waals surface area contributed by atoms with Crippen molar-refractivity contribution < 1.29 is 0 Å². The van der Waals surface area contributed by atoms with Gasteiger partial charge in [0, 0.05) is 12.1 Å². The Morgan fingerprint density at radius 1 is 0.941 bits per heavy atom. The number of rotatable bonds is 3. The molecule has 1 unspecified atom stereocenters. The van der Waals surface area contributed by atoms with Gasteiger partial charge in [0.25, 0.3) is 0 Å². The van der Waals surface area contributed by atoms with Gasteiger partial charge < -0.3 is 5.32 Å². The summed E-state index contributed by atoms with van der Waals surface area (Å²) in [4.78, 5) is 0. The minimum atomic E-state index is 0.738. The van der Waals surface area contributed by atoms with Crippen LogP contribution >= 0.6 is 0 Å². The standard InChI is InChI=1S/C16H21N/c1-3-7-13(8-4-1)14-11-16(12-14)17-15-9-5-2-6-10-15/h1-5,7-8,14-17H,6,9-12H2. The third kappa shape index (κ3) is 2.61. The average molecular weight is 227 g/mol. The molecule has 17 heavy (non-hydrogen) atoms. The molecule has 0 heterocycles. The second kappa shape index (κ2) is 5.05. The van der Waals surface area contributed by atoms with Gasteiger partial charge in [-0.15, -0.1) is 0 Å². The fourth-order valence-corrected chi connectivity index (χ4v) is 3.03. The summed E-state index contributed by atoms with van der Waals surface area (Å²) < 4.78 is 0. The molecule has 1 N–H and O–H groups in total. The molecule has 0 spiro atoms. The normalized spacial score (nSPS) is 32.1. The zero-order valence-electron chi connectivity index (χ0n) is 10.3. The smallest absolute Gasteiger partial charge is 0.0107 e. The van der Waals surface area contributed by atoms with Gasteiger partial charge in [-0.25, -0.2) is 0 Å². The van der Waals surface area contributed by atoms with E-state index in [1.165, 1.54) is 37.7 Å². The maximum absolute atomic E-state index is 3.80. The van der Waals surface area contributed by atoms with Gasteiger partial charge >= 0.3 is 0 Å². The molecule has 90 valence electrons. The highest BCUT2D eigenvalue weighted by Crippen LogP contribution is 2.37. The van der Waals surface area contributed by atoms with Crippen LogP contribution in [0.25, 0.3) is 0 Å². The van der Waals surface area contributed by atoms with E-state index in [-0.39, 0.29) is 0 Å². The van der Waals surface area contributed by atoms with Crippen molar-refractivity contribution in [3.05, 3.63) is 48.0 Å². The fourth-order valence-electron chi connectivity index (χ4n) is 3.03. The van der Waals surface area contributed by atoms with E-state index in [2.05, 4.69) is 47.8 Å². The minimum absolute atomic E-state index is 0.738. The van der Waals surface area contributed by atoms with Gasteiger partial charge in [-0.3, -0.25) is 0 Å². The molecule has 1 aromatic rings. The van der Waals surface area contributed by atoms with Gasteiger partial charge in [0.05, 0.1) is 0 Å². The summed E-state index contributed by atoms with van der Waals surface area (Å²) in [5.41, 5.74) is 1.52. The van der Waals surface area contributed by atoms with Gasteiger partial charge in [0.15, 0.2) is 0 Å². The lowest BCUT2D eigenvalue weighted by Gasteiger charge is -2.39. The van der Waals surface area contributed by atoms with Crippen LogP contribution in [0.4, 0.5) is 0 Å². The minimum Gasteiger partial charge on any atom is -0.311 e. The molecule has 2 aliphatic carbocycles. The predicted octanol–water partition coefficient (Wildman–Crippen LogP) is 3.63. The highest BCUT2D eigenvalue weighted by Gasteiger charge is 2.31. The summed E-state index contributed by atoms with van der Waals surface area (Å²) in [5, 5.41) is 3.80. The summed E-state index contributed by atoms with van der Waals surface area (Å²) in [6.07, 6.45) is 11.1. The van der Waals surface area contributed by atoms with Gasteiger partial charge in [-0.2, -0.15) is 0 Å². The third-order valence-electron chi connectivity index (χ3n) is 4.15. The fraction of sp³-hybridized carbons (Fsp3) is 0.500. The van der Waals surface area contributed by atoms with Crippen molar-refractivity contribution in [2.24, 2.45) is 0 Å². The van der Waals surface area contributed by atoms with Crippen LogP contribution in [0.2, 0.25) is 0 Å². The average Bonchev–Trinajstić information content (AvgIpc) is 2.36. The van der Waals surface area contributed by atoms with E-state index in [1.54, 1.807) is 0 Å². The molecule has 1 fully saturated rings. The first-order chi connectivity index (χ1) is 8.42. The third-order valence-corrected chi connectivity index (χ3v) is 4.15. The molecule has 2 aliphatic rings. The topological polar surface area (TPSA) is 12.0 Å². The lowest BCUT2D eigenvalue weighted by Crippen LogP contribution is -2.45. The molecule has 3 rings (SSSR count). The Hall–Kier alpha value is -1.08. The van der Waals surface area contributed by atoms with Crippen LogP contribution in [0.3, 0.4) is 0 Å². The summed E-state index contributed by atoms with van der Waals surface area (Å²) in [6, 6.07) is 12.4. The first-order valence-electron chi connectivity index (χ1n) is 6.88. The van der Waals surface area contributed by atoms with Crippen molar-refractivity contribution in [1.29, 1.82) is 0 Å². The van der Waals surface area contributed by atoms with Crippen LogP contribution in [0.5, 0.6) is 0 Å². The zero-order chi connectivity index (χ0) is 11.5. The highest BCUT2D eigenvalue weighted by molar-refractivity contribution is 5.22. The van der Waals surface area contributed by atoms with Crippen LogP contribution < -0.4 is 5.32 Å².